The number of likely N-dealkylation sites (N-methyl/N-ethyl adjacent to an activating group) is 1. The first-order valence-electron chi connectivity index (χ1n) is 9.87. The molecule has 1 aromatic rings. The summed E-state index contributed by atoms with van der Waals surface area (Å²) >= 11 is 0. The zero-order valence-electron chi connectivity index (χ0n) is 16.1. The number of likely N-dealkylation sites (tertiary alicyclic amines) is 1. The summed E-state index contributed by atoms with van der Waals surface area (Å²) in [7, 11) is 3.70. The Hall–Kier alpha value is -1.59. The van der Waals surface area contributed by atoms with Crippen LogP contribution in [0.15, 0.2) is 24.3 Å². The van der Waals surface area contributed by atoms with E-state index in [9.17, 15) is 9.90 Å². The normalized spacial score (nSPS) is 24.9. The lowest BCUT2D eigenvalue weighted by Crippen LogP contribution is -2.59. The fourth-order valence-electron chi connectivity index (χ4n) is 4.42. The van der Waals surface area contributed by atoms with Gasteiger partial charge in [-0.05, 0) is 50.4 Å². The average Bonchev–Trinajstić information content (AvgIpc) is 2.66. The molecule has 1 aliphatic carbocycles. The van der Waals surface area contributed by atoms with Crippen molar-refractivity contribution < 1.29 is 14.6 Å². The molecule has 1 atom stereocenters. The summed E-state index contributed by atoms with van der Waals surface area (Å²) in [6, 6.07) is 8.28. The van der Waals surface area contributed by atoms with Crippen molar-refractivity contribution in [3.63, 3.8) is 0 Å². The molecule has 5 nitrogen and oxygen atoms in total. The van der Waals surface area contributed by atoms with Crippen LogP contribution < -0.4 is 4.74 Å². The highest BCUT2D eigenvalue weighted by Gasteiger charge is 2.43. The Morgan fingerprint density at radius 3 is 2.77 bits per heavy atom. The highest BCUT2D eigenvalue weighted by atomic mass is 16.5. The van der Waals surface area contributed by atoms with E-state index in [1.807, 2.05) is 24.3 Å². The Morgan fingerprint density at radius 1 is 1.27 bits per heavy atom. The summed E-state index contributed by atoms with van der Waals surface area (Å²) in [5, 5.41) is 11.1. The molecule has 5 heteroatoms. The molecule has 1 saturated heterocycles. The second kappa shape index (κ2) is 8.40. The molecular weight excluding hydrogens is 328 g/mol. The van der Waals surface area contributed by atoms with Gasteiger partial charge in [0.1, 0.15) is 5.75 Å². The van der Waals surface area contributed by atoms with E-state index in [1.165, 1.54) is 32.1 Å². The van der Waals surface area contributed by atoms with Crippen LogP contribution in [0.2, 0.25) is 0 Å². The van der Waals surface area contributed by atoms with Crippen LogP contribution >= 0.6 is 0 Å². The molecule has 144 valence electrons. The summed E-state index contributed by atoms with van der Waals surface area (Å²) in [5.41, 5.74) is -0.230. The lowest BCUT2D eigenvalue weighted by Gasteiger charge is -2.42. The van der Waals surface area contributed by atoms with E-state index >= 15 is 0 Å². The molecule has 1 saturated carbocycles. The van der Waals surface area contributed by atoms with E-state index in [4.69, 9.17) is 4.74 Å². The van der Waals surface area contributed by atoms with Crippen LogP contribution in [0, 0.1) is 0 Å². The van der Waals surface area contributed by atoms with Gasteiger partial charge in [0, 0.05) is 25.7 Å². The molecule has 1 heterocycles. The molecule has 0 bridgehead atoms. The predicted octanol–water partition coefficient (Wildman–Crippen LogP) is 2.81. The van der Waals surface area contributed by atoms with Crippen molar-refractivity contribution in [1.82, 2.24) is 9.80 Å². The SMILES string of the molecule is COc1cccc(CN2CCC[C@@](O)(CN(C)C3CCCCC3)C2=O)c1. The third kappa shape index (κ3) is 4.38. The first-order chi connectivity index (χ1) is 12.5. The lowest BCUT2D eigenvalue weighted by molar-refractivity contribution is -0.160. The Morgan fingerprint density at radius 2 is 2.04 bits per heavy atom. The van der Waals surface area contributed by atoms with Gasteiger partial charge in [-0.1, -0.05) is 31.4 Å². The number of amides is 1. The van der Waals surface area contributed by atoms with Gasteiger partial charge in [0.25, 0.3) is 5.91 Å². The van der Waals surface area contributed by atoms with E-state index in [2.05, 4.69) is 11.9 Å². The van der Waals surface area contributed by atoms with E-state index in [0.29, 0.717) is 32.1 Å². The minimum absolute atomic E-state index is 0.130. The van der Waals surface area contributed by atoms with Crippen LogP contribution in [0.1, 0.15) is 50.5 Å². The highest BCUT2D eigenvalue weighted by molar-refractivity contribution is 5.86. The maximum Gasteiger partial charge on any atom is 0.256 e. The Kier molecular flexibility index (Phi) is 6.20. The van der Waals surface area contributed by atoms with E-state index in [1.54, 1.807) is 12.0 Å². The number of ether oxygens (including phenoxy) is 1. The maximum atomic E-state index is 13.0. The van der Waals surface area contributed by atoms with Crippen LogP contribution in [0.4, 0.5) is 0 Å². The molecule has 3 rings (SSSR count). The topological polar surface area (TPSA) is 53.0 Å². The molecule has 0 unspecified atom stereocenters. The first-order valence-corrected chi connectivity index (χ1v) is 9.87. The Bertz CT molecular complexity index is 615. The fraction of sp³-hybridized carbons (Fsp3) is 0.667. The summed E-state index contributed by atoms with van der Waals surface area (Å²) in [6.07, 6.45) is 7.55. The van der Waals surface area contributed by atoms with Gasteiger partial charge in [0.2, 0.25) is 0 Å². The quantitative estimate of drug-likeness (QED) is 0.848. The molecule has 1 aromatic carbocycles. The number of nitrogens with zero attached hydrogens (tertiary/aromatic N) is 2. The predicted molar refractivity (Wildman–Crippen MR) is 102 cm³/mol. The molecule has 1 aliphatic heterocycles. The summed E-state index contributed by atoms with van der Waals surface area (Å²) < 4.78 is 5.27. The van der Waals surface area contributed by atoms with Gasteiger partial charge in [0.15, 0.2) is 5.60 Å². The molecule has 0 spiro atoms. The molecule has 1 N–H and O–H groups in total. The zero-order valence-corrected chi connectivity index (χ0v) is 16.1. The number of rotatable bonds is 6. The van der Waals surface area contributed by atoms with E-state index in [-0.39, 0.29) is 5.91 Å². The van der Waals surface area contributed by atoms with Crippen LogP contribution in [-0.4, -0.2) is 59.7 Å². The van der Waals surface area contributed by atoms with E-state index in [0.717, 1.165) is 17.7 Å². The molecule has 2 fully saturated rings. The first kappa shape index (κ1) is 19.2. The van der Waals surface area contributed by atoms with Crippen molar-refractivity contribution in [2.45, 2.75) is 63.1 Å². The molecule has 0 aromatic heterocycles. The highest BCUT2D eigenvalue weighted by Crippen LogP contribution is 2.28. The zero-order chi connectivity index (χ0) is 18.6. The van der Waals surface area contributed by atoms with Gasteiger partial charge in [-0.15, -0.1) is 0 Å². The van der Waals surface area contributed by atoms with Crippen molar-refractivity contribution in [3.8, 4) is 5.75 Å². The number of aliphatic hydroxyl groups is 1. The average molecular weight is 360 g/mol. The van der Waals surface area contributed by atoms with Crippen LogP contribution in [0.3, 0.4) is 0 Å². The van der Waals surface area contributed by atoms with Crippen molar-refractivity contribution in [2.24, 2.45) is 0 Å². The smallest absolute Gasteiger partial charge is 0.256 e. The van der Waals surface area contributed by atoms with Crippen molar-refractivity contribution in [2.75, 3.05) is 27.2 Å². The van der Waals surface area contributed by atoms with Gasteiger partial charge in [0.05, 0.1) is 7.11 Å². The standard InChI is InChI=1S/C21H32N2O3/c1-22(18-9-4-3-5-10-18)16-21(25)12-7-13-23(20(21)24)15-17-8-6-11-19(14-17)26-2/h6,8,11,14,18,25H,3-5,7,9-10,12-13,15-16H2,1-2H3/t21-/m1/s1. The van der Waals surface area contributed by atoms with Crippen molar-refractivity contribution in [1.29, 1.82) is 0 Å². The summed E-state index contributed by atoms with van der Waals surface area (Å²) in [4.78, 5) is 17.1. The lowest BCUT2D eigenvalue weighted by atomic mass is 9.88. The third-order valence-electron chi connectivity index (χ3n) is 5.92. The van der Waals surface area contributed by atoms with Crippen LogP contribution in [0.25, 0.3) is 0 Å². The van der Waals surface area contributed by atoms with Gasteiger partial charge in [-0.3, -0.25) is 4.79 Å². The van der Waals surface area contributed by atoms with Gasteiger partial charge in [-0.2, -0.15) is 0 Å². The van der Waals surface area contributed by atoms with Crippen LogP contribution in [-0.2, 0) is 11.3 Å². The summed E-state index contributed by atoms with van der Waals surface area (Å²) in [5.74, 6) is 0.661. The van der Waals surface area contributed by atoms with Crippen LogP contribution in [0.5, 0.6) is 5.75 Å². The number of carbonyl (C=O) groups excluding carboxylic acids is 1. The number of piperidine rings is 1. The minimum atomic E-state index is -1.26. The number of hydrogen-bond acceptors (Lipinski definition) is 4. The number of methoxy groups -OCH3 is 1. The second-order valence-electron chi connectivity index (χ2n) is 7.92. The largest absolute Gasteiger partial charge is 0.497 e. The maximum absolute atomic E-state index is 13.0. The summed E-state index contributed by atoms with van der Waals surface area (Å²) in [6.45, 7) is 1.65. The second-order valence-corrected chi connectivity index (χ2v) is 7.92. The molecular formula is C21H32N2O3. The molecule has 0 radical (unpaired) electrons. The molecule has 2 aliphatic rings. The van der Waals surface area contributed by atoms with E-state index < -0.39 is 5.60 Å². The monoisotopic (exact) mass is 360 g/mol. The van der Waals surface area contributed by atoms with Gasteiger partial charge in [-0.25, -0.2) is 0 Å². The number of benzene rings is 1. The number of hydrogen-bond donors (Lipinski definition) is 1. The van der Waals surface area contributed by atoms with Gasteiger partial charge < -0.3 is 19.6 Å². The minimum Gasteiger partial charge on any atom is -0.497 e. The molecule has 26 heavy (non-hydrogen) atoms. The Balaban J connectivity index is 1.65. The third-order valence-corrected chi connectivity index (χ3v) is 5.92. The van der Waals surface area contributed by atoms with Crippen molar-refractivity contribution >= 4 is 5.91 Å². The van der Waals surface area contributed by atoms with Gasteiger partial charge >= 0.3 is 0 Å². The Labute approximate surface area is 156 Å². The van der Waals surface area contributed by atoms with Crippen molar-refractivity contribution in [3.05, 3.63) is 29.8 Å². The molecule has 1 amide bonds. The number of carbonyl (C=O) groups is 1. The fourth-order valence-corrected chi connectivity index (χ4v) is 4.42.